The molecule has 1 aromatic heterocycles. The van der Waals surface area contributed by atoms with Crippen LogP contribution in [0.15, 0.2) is 49.2 Å². The third kappa shape index (κ3) is 7.36. The average molecular weight is 693 g/mol. The zero-order valence-corrected chi connectivity index (χ0v) is 29.0. The van der Waals surface area contributed by atoms with Crippen LogP contribution in [0.5, 0.6) is 5.88 Å². The molecule has 3 amide bonds. The lowest BCUT2D eigenvalue weighted by atomic mass is 9.77. The predicted octanol–water partition coefficient (Wildman–Crippen LogP) is 3.66. The molecule has 12 nitrogen and oxygen atoms in total. The standard InChI is InChI=1S/C36H44N4O8S/c1-5-24-20-36(24,34(44)39-49(45,46)26-12-13-26)38-31(42)29-18-25-21-40(29)33(43)28(35(2,3)4)19-30(41)47-16-8-6-7-9-22-10-11-23-14-15-37-32(48-25)27(23)17-22/h5,7,9-11,14-15,17,24-26,28-29H,1,6,8,12-13,16,18-21H2,2-4H3,(H,38,42)(H,39,44)/b9-7+/t24-,25-,28-,29+,36-/m1/s1. The van der Waals surface area contributed by atoms with Gasteiger partial charge in [-0.2, -0.15) is 0 Å². The minimum Gasteiger partial charge on any atom is -0.472 e. The van der Waals surface area contributed by atoms with E-state index in [9.17, 15) is 27.6 Å². The SMILES string of the molecule is C=C[C@@H]1C[C@]1(NC(=O)[C@@H]1C[C@@H]2CN1C(=O)[C@H](C(C)(C)C)CC(=O)OCCC/C=C/c1ccc3ccnc(c3c1)O2)C(=O)NS(=O)(=O)C1CC1. The van der Waals surface area contributed by atoms with Gasteiger partial charge in [0, 0.05) is 23.9 Å². The van der Waals surface area contributed by atoms with E-state index in [0.29, 0.717) is 31.6 Å². The molecule has 2 aromatic rings. The Balaban J connectivity index is 1.33. The van der Waals surface area contributed by atoms with Gasteiger partial charge in [0.15, 0.2) is 0 Å². The minimum atomic E-state index is -3.87. The van der Waals surface area contributed by atoms with E-state index < -0.39 is 73.9 Å². The van der Waals surface area contributed by atoms with Crippen molar-refractivity contribution in [3.8, 4) is 5.88 Å². The second-order valence-electron chi connectivity index (χ2n) is 14.6. The van der Waals surface area contributed by atoms with Gasteiger partial charge in [0.05, 0.1) is 30.7 Å². The lowest BCUT2D eigenvalue weighted by Gasteiger charge is -2.35. The number of nitrogens with one attached hydrogen (secondary N) is 2. The molecule has 0 spiro atoms. The normalized spacial score (nSPS) is 28.5. The Hall–Kier alpha value is -4.26. The van der Waals surface area contributed by atoms with Crippen molar-refractivity contribution in [3.05, 3.63) is 54.8 Å². The van der Waals surface area contributed by atoms with Crippen LogP contribution in [0, 0.1) is 17.3 Å². The Kier molecular flexibility index (Phi) is 9.33. The zero-order chi connectivity index (χ0) is 35.1. The number of aromatic nitrogens is 1. The molecule has 262 valence electrons. The van der Waals surface area contributed by atoms with Gasteiger partial charge in [0.2, 0.25) is 27.7 Å². The van der Waals surface area contributed by atoms with Crippen LogP contribution in [-0.4, -0.2) is 78.1 Å². The van der Waals surface area contributed by atoms with Crippen LogP contribution in [0.3, 0.4) is 0 Å². The number of pyridine rings is 1. The second kappa shape index (κ2) is 13.2. The van der Waals surface area contributed by atoms with Crippen LogP contribution in [-0.2, 0) is 33.9 Å². The largest absolute Gasteiger partial charge is 0.472 e. The fourth-order valence-corrected chi connectivity index (χ4v) is 8.07. The van der Waals surface area contributed by atoms with E-state index in [1.807, 2.05) is 57.2 Å². The van der Waals surface area contributed by atoms with Gasteiger partial charge in [0.25, 0.3) is 5.91 Å². The van der Waals surface area contributed by atoms with Crippen LogP contribution in [0.4, 0.5) is 0 Å². The molecule has 0 radical (unpaired) electrons. The van der Waals surface area contributed by atoms with E-state index in [2.05, 4.69) is 21.6 Å². The highest BCUT2D eigenvalue weighted by Crippen LogP contribution is 2.46. The number of nitrogens with zero attached hydrogens (tertiary/aromatic N) is 2. The summed E-state index contributed by atoms with van der Waals surface area (Å²) in [6.45, 7) is 9.57. The minimum absolute atomic E-state index is 0.0242. The highest BCUT2D eigenvalue weighted by Gasteiger charge is 2.62. The smallest absolute Gasteiger partial charge is 0.306 e. The maximum Gasteiger partial charge on any atom is 0.306 e. The molecule has 49 heavy (non-hydrogen) atoms. The number of carbonyl (C=O) groups is 4. The third-order valence-corrected chi connectivity index (χ3v) is 11.8. The number of benzene rings is 1. The molecule has 2 N–H and O–H groups in total. The molecular weight excluding hydrogens is 648 g/mol. The fraction of sp³-hybridized carbons (Fsp3) is 0.528. The first-order valence-corrected chi connectivity index (χ1v) is 18.4. The summed E-state index contributed by atoms with van der Waals surface area (Å²) in [6, 6.07) is 6.72. The molecule has 1 saturated heterocycles. The lowest BCUT2D eigenvalue weighted by molar-refractivity contribution is -0.153. The Bertz CT molecular complexity index is 1810. The number of esters is 1. The van der Waals surface area contributed by atoms with Gasteiger partial charge in [0.1, 0.15) is 17.7 Å². The lowest BCUT2D eigenvalue weighted by Crippen LogP contribution is -2.57. The van der Waals surface area contributed by atoms with E-state index in [4.69, 9.17) is 9.47 Å². The topological polar surface area (TPSA) is 161 Å². The van der Waals surface area contributed by atoms with Gasteiger partial charge in [-0.3, -0.25) is 23.9 Å². The van der Waals surface area contributed by atoms with E-state index >= 15 is 0 Å². The maximum atomic E-state index is 14.4. The molecule has 4 bridgehead atoms. The number of allylic oxidation sites excluding steroid dienone is 1. The van der Waals surface area contributed by atoms with E-state index in [1.165, 1.54) is 11.0 Å². The summed E-state index contributed by atoms with van der Waals surface area (Å²) in [5, 5.41) is 3.87. The molecule has 5 atom stereocenters. The Morgan fingerprint density at radius 1 is 1.16 bits per heavy atom. The number of amides is 3. The van der Waals surface area contributed by atoms with Gasteiger partial charge in [-0.05, 0) is 60.6 Å². The Morgan fingerprint density at radius 2 is 1.94 bits per heavy atom. The number of fused-ring (bicyclic) bond motifs is 3. The van der Waals surface area contributed by atoms with Crippen molar-refractivity contribution in [1.29, 1.82) is 0 Å². The number of cyclic esters (lactones) is 1. The Labute approximate surface area is 286 Å². The van der Waals surface area contributed by atoms with Gasteiger partial charge in [-0.1, -0.05) is 51.1 Å². The van der Waals surface area contributed by atoms with Crippen molar-refractivity contribution < 1.29 is 37.1 Å². The van der Waals surface area contributed by atoms with Crippen molar-refractivity contribution in [2.45, 2.75) is 88.7 Å². The summed E-state index contributed by atoms with van der Waals surface area (Å²) >= 11 is 0. The van der Waals surface area contributed by atoms with Crippen LogP contribution in [0.2, 0.25) is 0 Å². The number of rotatable bonds is 6. The molecule has 3 fully saturated rings. The quantitative estimate of drug-likeness (QED) is 0.340. The molecule has 2 aliphatic carbocycles. The zero-order valence-electron chi connectivity index (χ0n) is 28.1. The molecule has 3 heterocycles. The summed E-state index contributed by atoms with van der Waals surface area (Å²) < 4.78 is 39.4. The van der Waals surface area contributed by atoms with E-state index in [0.717, 1.165) is 16.3 Å². The molecule has 0 unspecified atom stereocenters. The fourth-order valence-electron chi connectivity index (χ4n) is 6.71. The molecular formula is C36H44N4O8S. The molecule has 2 saturated carbocycles. The molecule has 6 rings (SSSR count). The summed E-state index contributed by atoms with van der Waals surface area (Å²) in [6.07, 6.45) is 8.82. The van der Waals surface area contributed by atoms with Crippen molar-refractivity contribution in [2.24, 2.45) is 17.3 Å². The van der Waals surface area contributed by atoms with Crippen molar-refractivity contribution in [1.82, 2.24) is 19.9 Å². The Morgan fingerprint density at radius 3 is 2.63 bits per heavy atom. The first-order chi connectivity index (χ1) is 23.2. The van der Waals surface area contributed by atoms with Crippen LogP contribution >= 0.6 is 0 Å². The van der Waals surface area contributed by atoms with Crippen LogP contribution < -0.4 is 14.8 Å². The monoisotopic (exact) mass is 692 g/mol. The highest BCUT2D eigenvalue weighted by molar-refractivity contribution is 7.91. The summed E-state index contributed by atoms with van der Waals surface area (Å²) in [5.74, 6) is -3.33. The van der Waals surface area contributed by atoms with E-state index in [-0.39, 0.29) is 32.4 Å². The number of sulfonamides is 1. The van der Waals surface area contributed by atoms with Crippen molar-refractivity contribution >= 4 is 50.6 Å². The maximum absolute atomic E-state index is 14.4. The van der Waals surface area contributed by atoms with Crippen molar-refractivity contribution in [3.63, 3.8) is 0 Å². The molecule has 4 aliphatic rings. The van der Waals surface area contributed by atoms with E-state index in [1.54, 1.807) is 6.20 Å². The first-order valence-electron chi connectivity index (χ1n) is 16.9. The van der Waals surface area contributed by atoms with Crippen LogP contribution in [0.1, 0.15) is 71.3 Å². The molecule has 13 heteroatoms. The first kappa shape index (κ1) is 34.6. The van der Waals surface area contributed by atoms with Gasteiger partial charge >= 0.3 is 5.97 Å². The van der Waals surface area contributed by atoms with Crippen LogP contribution in [0.25, 0.3) is 16.8 Å². The molecule has 2 aliphatic heterocycles. The predicted molar refractivity (Wildman–Crippen MR) is 182 cm³/mol. The summed E-state index contributed by atoms with van der Waals surface area (Å²) in [4.78, 5) is 61.0. The molecule has 1 aromatic carbocycles. The second-order valence-corrected chi connectivity index (χ2v) is 16.6. The number of carbonyl (C=O) groups excluding carboxylic acids is 4. The van der Waals surface area contributed by atoms with Gasteiger partial charge in [-0.15, -0.1) is 6.58 Å². The van der Waals surface area contributed by atoms with Gasteiger partial charge < -0.3 is 19.7 Å². The number of ether oxygens (including phenoxy) is 2. The highest BCUT2D eigenvalue weighted by atomic mass is 32.2. The van der Waals surface area contributed by atoms with Gasteiger partial charge in [-0.25, -0.2) is 13.4 Å². The average Bonchev–Trinajstić information content (AvgIpc) is 3.97. The summed E-state index contributed by atoms with van der Waals surface area (Å²) in [5.41, 5.74) is -1.25. The third-order valence-electron chi connectivity index (χ3n) is 9.93. The number of hydrogen-bond donors (Lipinski definition) is 2. The summed E-state index contributed by atoms with van der Waals surface area (Å²) in [7, 11) is -3.87. The van der Waals surface area contributed by atoms with Crippen molar-refractivity contribution in [2.75, 3.05) is 13.2 Å². The number of hydrogen-bond acceptors (Lipinski definition) is 9.